The summed E-state index contributed by atoms with van der Waals surface area (Å²) in [6.45, 7) is 0. The third kappa shape index (κ3) is 3.64. The Morgan fingerprint density at radius 1 is 0.958 bits per heavy atom. The number of carbonyl (C=O) groups is 1. The van der Waals surface area contributed by atoms with Gasteiger partial charge in [0.25, 0.3) is 0 Å². The van der Waals surface area contributed by atoms with Gasteiger partial charge in [0, 0.05) is 17.7 Å². The molecule has 0 bridgehead atoms. The lowest BCUT2D eigenvalue weighted by Crippen LogP contribution is -2.09. The van der Waals surface area contributed by atoms with Crippen LogP contribution >= 0.6 is 0 Å². The van der Waals surface area contributed by atoms with Crippen LogP contribution in [-0.2, 0) is 6.42 Å². The normalized spacial score (nSPS) is 11.9. The fraction of sp³-hybridized carbons (Fsp3) is 0.105. The van der Waals surface area contributed by atoms with E-state index in [-0.39, 0.29) is 12.1 Å². The van der Waals surface area contributed by atoms with Crippen LogP contribution in [0.4, 0.5) is 0 Å². The number of nitrogens with zero attached hydrogens (tertiary/aromatic N) is 2. The Bertz CT molecular complexity index is 836. The summed E-state index contributed by atoms with van der Waals surface area (Å²) in [4.78, 5) is 19.8. The van der Waals surface area contributed by atoms with Crippen LogP contribution in [0, 0.1) is 0 Å². The Labute approximate surface area is 139 Å². The smallest absolute Gasteiger partial charge is 0.354 e. The molecule has 2 aromatic carbocycles. The SMILES string of the molecule is O=C(O)c1cc(CC(O)c2ccccc2)nc(-c2ccccc2)n1. The molecule has 5 nitrogen and oxygen atoms in total. The summed E-state index contributed by atoms with van der Waals surface area (Å²) in [6, 6.07) is 19.8. The molecular weight excluding hydrogens is 304 g/mol. The molecule has 0 fully saturated rings. The molecule has 0 saturated carbocycles. The highest BCUT2D eigenvalue weighted by Gasteiger charge is 2.15. The standard InChI is InChI=1S/C19H16N2O3/c22-17(13-7-3-1-4-8-13)12-15-11-16(19(23)24)21-18(20-15)14-9-5-2-6-10-14/h1-11,17,22H,12H2,(H,23,24). The van der Waals surface area contributed by atoms with Gasteiger partial charge in [-0.15, -0.1) is 0 Å². The fourth-order valence-electron chi connectivity index (χ4n) is 2.42. The summed E-state index contributed by atoms with van der Waals surface area (Å²) < 4.78 is 0. The van der Waals surface area contributed by atoms with Crippen molar-refractivity contribution in [2.75, 3.05) is 0 Å². The van der Waals surface area contributed by atoms with E-state index in [4.69, 9.17) is 0 Å². The average Bonchev–Trinajstić information content (AvgIpc) is 2.63. The van der Waals surface area contributed by atoms with E-state index >= 15 is 0 Å². The molecule has 1 unspecified atom stereocenters. The van der Waals surface area contributed by atoms with Crippen molar-refractivity contribution in [1.29, 1.82) is 0 Å². The van der Waals surface area contributed by atoms with E-state index in [2.05, 4.69) is 9.97 Å². The number of aromatic carboxylic acids is 1. The fourth-order valence-corrected chi connectivity index (χ4v) is 2.42. The monoisotopic (exact) mass is 320 g/mol. The van der Waals surface area contributed by atoms with Gasteiger partial charge >= 0.3 is 5.97 Å². The third-order valence-electron chi connectivity index (χ3n) is 3.62. The molecule has 1 aromatic heterocycles. The van der Waals surface area contributed by atoms with Gasteiger partial charge in [-0.05, 0) is 11.6 Å². The number of carboxylic acid groups (broad SMARTS) is 1. The maximum absolute atomic E-state index is 11.3. The lowest BCUT2D eigenvalue weighted by Gasteiger charge is -2.12. The van der Waals surface area contributed by atoms with E-state index in [1.165, 1.54) is 6.07 Å². The number of benzene rings is 2. The second-order valence-corrected chi connectivity index (χ2v) is 5.37. The second kappa shape index (κ2) is 7.02. The van der Waals surface area contributed by atoms with Crippen LogP contribution in [-0.4, -0.2) is 26.2 Å². The van der Waals surface area contributed by atoms with Crippen LogP contribution in [0.15, 0.2) is 66.7 Å². The van der Waals surface area contributed by atoms with Gasteiger partial charge in [-0.25, -0.2) is 14.8 Å². The number of carboxylic acids is 1. The van der Waals surface area contributed by atoms with Gasteiger partial charge < -0.3 is 10.2 Å². The third-order valence-corrected chi connectivity index (χ3v) is 3.62. The first-order chi connectivity index (χ1) is 11.6. The van der Waals surface area contributed by atoms with E-state index in [0.717, 1.165) is 11.1 Å². The zero-order valence-corrected chi connectivity index (χ0v) is 12.8. The van der Waals surface area contributed by atoms with Crippen LogP contribution in [0.2, 0.25) is 0 Å². The molecule has 3 aromatic rings. The van der Waals surface area contributed by atoms with Crippen molar-refractivity contribution >= 4 is 5.97 Å². The zero-order valence-electron chi connectivity index (χ0n) is 12.8. The predicted molar refractivity (Wildman–Crippen MR) is 89.5 cm³/mol. The molecule has 3 rings (SSSR count). The summed E-state index contributed by atoms with van der Waals surface area (Å²) >= 11 is 0. The average molecular weight is 320 g/mol. The molecule has 1 atom stereocenters. The molecule has 0 aliphatic rings. The van der Waals surface area contributed by atoms with Gasteiger partial charge in [-0.3, -0.25) is 0 Å². The quantitative estimate of drug-likeness (QED) is 0.754. The van der Waals surface area contributed by atoms with Crippen molar-refractivity contribution in [2.45, 2.75) is 12.5 Å². The molecule has 2 N–H and O–H groups in total. The Balaban J connectivity index is 1.95. The molecule has 5 heteroatoms. The highest BCUT2D eigenvalue weighted by Crippen LogP contribution is 2.20. The minimum Gasteiger partial charge on any atom is -0.477 e. The van der Waals surface area contributed by atoms with Crippen molar-refractivity contribution in [2.24, 2.45) is 0 Å². The zero-order chi connectivity index (χ0) is 16.9. The van der Waals surface area contributed by atoms with Gasteiger partial charge in [0.15, 0.2) is 11.5 Å². The van der Waals surface area contributed by atoms with Gasteiger partial charge in [-0.2, -0.15) is 0 Å². The lowest BCUT2D eigenvalue weighted by atomic mass is 10.0. The number of aliphatic hydroxyl groups is 1. The number of hydrogen-bond acceptors (Lipinski definition) is 4. The van der Waals surface area contributed by atoms with Crippen molar-refractivity contribution in [3.63, 3.8) is 0 Å². The first kappa shape index (κ1) is 15.8. The molecule has 0 aliphatic carbocycles. The molecule has 1 heterocycles. The first-order valence-electron chi connectivity index (χ1n) is 7.53. The molecule has 0 spiro atoms. The highest BCUT2D eigenvalue weighted by atomic mass is 16.4. The van der Waals surface area contributed by atoms with Crippen molar-refractivity contribution in [3.05, 3.63) is 83.7 Å². The summed E-state index contributed by atoms with van der Waals surface area (Å²) in [7, 11) is 0. The van der Waals surface area contributed by atoms with Gasteiger partial charge in [0.05, 0.1) is 6.10 Å². The summed E-state index contributed by atoms with van der Waals surface area (Å²) in [5.41, 5.74) is 1.89. The highest BCUT2D eigenvalue weighted by molar-refractivity contribution is 5.86. The number of aliphatic hydroxyl groups excluding tert-OH is 1. The van der Waals surface area contributed by atoms with Crippen molar-refractivity contribution in [3.8, 4) is 11.4 Å². The van der Waals surface area contributed by atoms with Gasteiger partial charge in [0.1, 0.15) is 0 Å². The summed E-state index contributed by atoms with van der Waals surface area (Å²) in [5, 5.41) is 19.6. The topological polar surface area (TPSA) is 83.3 Å². The van der Waals surface area contributed by atoms with E-state index < -0.39 is 12.1 Å². The van der Waals surface area contributed by atoms with Crippen LogP contribution in [0.5, 0.6) is 0 Å². The second-order valence-electron chi connectivity index (χ2n) is 5.37. The molecule has 0 aliphatic heterocycles. The van der Waals surface area contributed by atoms with Crippen LogP contribution in [0.1, 0.15) is 27.8 Å². The van der Waals surface area contributed by atoms with E-state index in [1.807, 2.05) is 60.7 Å². The first-order valence-corrected chi connectivity index (χ1v) is 7.53. The molecule has 0 amide bonds. The van der Waals surface area contributed by atoms with Crippen LogP contribution in [0.25, 0.3) is 11.4 Å². The Morgan fingerprint density at radius 2 is 1.58 bits per heavy atom. The largest absolute Gasteiger partial charge is 0.477 e. The van der Waals surface area contributed by atoms with Crippen molar-refractivity contribution in [1.82, 2.24) is 9.97 Å². The predicted octanol–water partition coefficient (Wildman–Crippen LogP) is 3.12. The van der Waals surface area contributed by atoms with Crippen LogP contribution < -0.4 is 0 Å². The summed E-state index contributed by atoms with van der Waals surface area (Å²) in [6.07, 6.45) is -0.543. The van der Waals surface area contributed by atoms with Gasteiger partial charge in [-0.1, -0.05) is 60.7 Å². The molecule has 120 valence electrons. The molecule has 24 heavy (non-hydrogen) atoms. The number of rotatable bonds is 5. The minimum atomic E-state index is -1.12. The Morgan fingerprint density at radius 3 is 2.21 bits per heavy atom. The Hall–Kier alpha value is -3.05. The number of hydrogen-bond donors (Lipinski definition) is 2. The minimum absolute atomic E-state index is 0.0842. The van der Waals surface area contributed by atoms with E-state index in [1.54, 1.807) is 0 Å². The lowest BCUT2D eigenvalue weighted by molar-refractivity contribution is 0.0690. The molecule has 0 saturated heterocycles. The number of aromatic nitrogens is 2. The maximum atomic E-state index is 11.3. The van der Waals surface area contributed by atoms with E-state index in [0.29, 0.717) is 11.5 Å². The molecular formula is C19H16N2O3. The van der Waals surface area contributed by atoms with Crippen LogP contribution in [0.3, 0.4) is 0 Å². The Kier molecular flexibility index (Phi) is 4.63. The van der Waals surface area contributed by atoms with E-state index in [9.17, 15) is 15.0 Å². The summed E-state index contributed by atoms with van der Waals surface area (Å²) in [5.74, 6) is -0.782. The maximum Gasteiger partial charge on any atom is 0.354 e. The van der Waals surface area contributed by atoms with Crippen molar-refractivity contribution < 1.29 is 15.0 Å². The van der Waals surface area contributed by atoms with Gasteiger partial charge in [0.2, 0.25) is 0 Å². The molecule has 0 radical (unpaired) electrons.